The van der Waals surface area contributed by atoms with Crippen LogP contribution in [0.5, 0.6) is 0 Å². The lowest BCUT2D eigenvalue weighted by molar-refractivity contribution is -0.132. The van der Waals surface area contributed by atoms with Crippen LogP contribution in [0, 0.1) is 0 Å². The highest BCUT2D eigenvalue weighted by atomic mass is 35.5. The van der Waals surface area contributed by atoms with Gasteiger partial charge in [-0.15, -0.1) is 0 Å². The van der Waals surface area contributed by atoms with Gasteiger partial charge in [-0.2, -0.15) is 0 Å². The van der Waals surface area contributed by atoms with E-state index in [2.05, 4.69) is 12.1 Å². The molecule has 164 valence electrons. The predicted molar refractivity (Wildman–Crippen MR) is 128 cm³/mol. The van der Waals surface area contributed by atoms with Crippen LogP contribution in [0.3, 0.4) is 0 Å². The van der Waals surface area contributed by atoms with Gasteiger partial charge in [-0.3, -0.25) is 9.59 Å². The van der Waals surface area contributed by atoms with E-state index < -0.39 is 0 Å². The van der Waals surface area contributed by atoms with Gasteiger partial charge in [0, 0.05) is 24.7 Å². The lowest BCUT2D eigenvalue weighted by Crippen LogP contribution is -2.45. The molecule has 0 N–H and O–H groups in total. The molecule has 1 heterocycles. The second kappa shape index (κ2) is 10.2. The highest BCUT2D eigenvalue weighted by molar-refractivity contribution is 6.36. The Hall–Kier alpha value is -2.82. The lowest BCUT2D eigenvalue weighted by atomic mass is 10.00. The Morgan fingerprint density at radius 2 is 1.62 bits per heavy atom. The number of rotatable bonds is 6. The first kappa shape index (κ1) is 22.4. The van der Waals surface area contributed by atoms with Crippen molar-refractivity contribution >= 4 is 35.0 Å². The Morgan fingerprint density at radius 1 is 0.906 bits per heavy atom. The summed E-state index contributed by atoms with van der Waals surface area (Å²) in [7, 11) is 0. The largest absolute Gasteiger partial charge is 0.336 e. The molecule has 0 saturated carbocycles. The van der Waals surface area contributed by atoms with Crippen LogP contribution in [0.2, 0.25) is 10.0 Å². The zero-order chi connectivity index (χ0) is 22.5. The molecule has 0 fully saturated rings. The molecule has 0 aromatic heterocycles. The average molecular weight is 467 g/mol. The summed E-state index contributed by atoms with van der Waals surface area (Å²) in [5, 5.41) is 0.747. The molecule has 0 atom stereocenters. The van der Waals surface area contributed by atoms with Gasteiger partial charge in [0.05, 0.1) is 10.6 Å². The summed E-state index contributed by atoms with van der Waals surface area (Å²) in [6.45, 7) is 1.64. The first-order valence-corrected chi connectivity index (χ1v) is 11.4. The van der Waals surface area contributed by atoms with Crippen LogP contribution in [0.25, 0.3) is 0 Å². The molecule has 0 spiro atoms. The minimum Gasteiger partial charge on any atom is -0.336 e. The van der Waals surface area contributed by atoms with Crippen molar-refractivity contribution in [3.63, 3.8) is 0 Å². The van der Waals surface area contributed by atoms with Gasteiger partial charge in [0.1, 0.15) is 6.54 Å². The normalized spacial score (nSPS) is 12.9. The van der Waals surface area contributed by atoms with Gasteiger partial charge in [-0.25, -0.2) is 0 Å². The van der Waals surface area contributed by atoms with Crippen LogP contribution >= 0.6 is 23.2 Å². The molecule has 0 aliphatic carbocycles. The van der Waals surface area contributed by atoms with E-state index in [1.165, 1.54) is 5.56 Å². The van der Waals surface area contributed by atoms with E-state index in [9.17, 15) is 9.59 Å². The van der Waals surface area contributed by atoms with Crippen LogP contribution in [0.4, 0.5) is 0 Å². The SMILES string of the molecule is O=C(CN(CCc1ccccc1)C(=O)c1ccc(Cl)cc1Cl)N1CCc2ccccc2C1. The van der Waals surface area contributed by atoms with E-state index in [-0.39, 0.29) is 23.4 Å². The highest BCUT2D eigenvalue weighted by Crippen LogP contribution is 2.23. The summed E-state index contributed by atoms with van der Waals surface area (Å²) in [6, 6.07) is 22.9. The maximum atomic E-state index is 13.3. The molecule has 1 aliphatic heterocycles. The quantitative estimate of drug-likeness (QED) is 0.496. The number of amides is 2. The zero-order valence-electron chi connectivity index (χ0n) is 17.6. The third-order valence-electron chi connectivity index (χ3n) is 5.77. The molecule has 0 radical (unpaired) electrons. The van der Waals surface area contributed by atoms with Crippen molar-refractivity contribution in [2.45, 2.75) is 19.4 Å². The Bertz CT molecular complexity index is 1120. The number of carbonyl (C=O) groups is 2. The standard InChI is InChI=1S/C26H24Cl2N2O2/c27-22-10-11-23(24(28)16-22)26(32)30(14-12-19-6-2-1-3-7-19)18-25(31)29-15-13-20-8-4-5-9-21(20)17-29/h1-11,16H,12-15,17-18H2. The fourth-order valence-electron chi connectivity index (χ4n) is 3.97. The third-order valence-corrected chi connectivity index (χ3v) is 6.32. The second-order valence-electron chi connectivity index (χ2n) is 7.92. The van der Waals surface area contributed by atoms with E-state index in [4.69, 9.17) is 23.2 Å². The van der Waals surface area contributed by atoms with Crippen molar-refractivity contribution < 1.29 is 9.59 Å². The summed E-state index contributed by atoms with van der Waals surface area (Å²) in [4.78, 5) is 29.9. The fraction of sp³-hybridized carbons (Fsp3) is 0.231. The van der Waals surface area contributed by atoms with Gasteiger partial charge >= 0.3 is 0 Å². The smallest absolute Gasteiger partial charge is 0.255 e. The topological polar surface area (TPSA) is 40.6 Å². The first-order chi connectivity index (χ1) is 15.5. The van der Waals surface area contributed by atoms with Crippen molar-refractivity contribution in [1.82, 2.24) is 9.80 Å². The Morgan fingerprint density at radius 3 is 2.38 bits per heavy atom. The maximum Gasteiger partial charge on any atom is 0.255 e. The molecule has 32 heavy (non-hydrogen) atoms. The molecule has 6 heteroatoms. The molecule has 4 rings (SSSR count). The fourth-order valence-corrected chi connectivity index (χ4v) is 4.46. The number of benzene rings is 3. The summed E-state index contributed by atoms with van der Waals surface area (Å²) < 4.78 is 0. The van der Waals surface area contributed by atoms with E-state index in [1.54, 1.807) is 23.1 Å². The molecule has 0 saturated heterocycles. The molecule has 0 bridgehead atoms. The van der Waals surface area contributed by atoms with E-state index in [0.29, 0.717) is 36.6 Å². The van der Waals surface area contributed by atoms with Gasteiger partial charge in [0.15, 0.2) is 0 Å². The van der Waals surface area contributed by atoms with Crippen molar-refractivity contribution in [2.24, 2.45) is 0 Å². The minimum atomic E-state index is -0.270. The van der Waals surface area contributed by atoms with Gasteiger partial charge in [0.2, 0.25) is 5.91 Å². The number of hydrogen-bond donors (Lipinski definition) is 0. The number of fused-ring (bicyclic) bond motifs is 1. The Labute approximate surface area is 198 Å². The van der Waals surface area contributed by atoms with Gasteiger partial charge in [-0.1, -0.05) is 77.8 Å². The number of halogens is 2. The van der Waals surface area contributed by atoms with Crippen molar-refractivity contribution in [1.29, 1.82) is 0 Å². The molecular formula is C26H24Cl2N2O2. The third kappa shape index (κ3) is 5.32. The average Bonchev–Trinajstić information content (AvgIpc) is 2.81. The van der Waals surface area contributed by atoms with E-state index >= 15 is 0 Å². The summed E-state index contributed by atoms with van der Waals surface area (Å²) in [6.07, 6.45) is 1.47. The summed E-state index contributed by atoms with van der Waals surface area (Å²) >= 11 is 12.3. The van der Waals surface area contributed by atoms with Crippen LogP contribution in [0.15, 0.2) is 72.8 Å². The molecule has 2 amide bonds. The highest BCUT2D eigenvalue weighted by Gasteiger charge is 2.26. The van der Waals surface area contributed by atoms with Crippen molar-refractivity contribution in [2.75, 3.05) is 19.6 Å². The van der Waals surface area contributed by atoms with Crippen molar-refractivity contribution in [3.8, 4) is 0 Å². The monoisotopic (exact) mass is 466 g/mol. The Balaban J connectivity index is 1.51. The zero-order valence-corrected chi connectivity index (χ0v) is 19.1. The number of carbonyl (C=O) groups excluding carboxylic acids is 2. The predicted octanol–water partition coefficient (Wildman–Crippen LogP) is 5.26. The van der Waals surface area contributed by atoms with Crippen LogP contribution in [-0.4, -0.2) is 41.2 Å². The first-order valence-electron chi connectivity index (χ1n) is 10.6. The maximum absolute atomic E-state index is 13.3. The van der Waals surface area contributed by atoms with E-state index in [0.717, 1.165) is 17.5 Å². The van der Waals surface area contributed by atoms with Crippen LogP contribution in [0.1, 0.15) is 27.0 Å². The van der Waals surface area contributed by atoms with Crippen molar-refractivity contribution in [3.05, 3.63) is 105 Å². The molecule has 3 aromatic rings. The molecule has 1 aliphatic rings. The van der Waals surface area contributed by atoms with Crippen LogP contribution in [-0.2, 0) is 24.2 Å². The second-order valence-corrected chi connectivity index (χ2v) is 8.76. The minimum absolute atomic E-state index is 0.00674. The van der Waals surface area contributed by atoms with Gasteiger partial charge < -0.3 is 9.80 Å². The van der Waals surface area contributed by atoms with E-state index in [1.807, 2.05) is 47.4 Å². The van der Waals surface area contributed by atoms with Crippen LogP contribution < -0.4 is 0 Å². The number of hydrogen-bond acceptors (Lipinski definition) is 2. The molecule has 0 unspecified atom stereocenters. The van der Waals surface area contributed by atoms with Gasteiger partial charge in [0.25, 0.3) is 5.91 Å². The van der Waals surface area contributed by atoms with Gasteiger partial charge in [-0.05, 0) is 47.7 Å². The summed E-state index contributed by atoms with van der Waals surface area (Å²) in [5.74, 6) is -0.334. The lowest BCUT2D eigenvalue weighted by Gasteiger charge is -2.31. The number of nitrogens with zero attached hydrogens (tertiary/aromatic N) is 2. The molecular weight excluding hydrogens is 443 g/mol. The summed E-state index contributed by atoms with van der Waals surface area (Å²) in [5.41, 5.74) is 3.89. The molecule has 3 aromatic carbocycles. The Kier molecular flexibility index (Phi) is 7.13. The molecule has 4 nitrogen and oxygen atoms in total.